The maximum Gasteiger partial charge on any atom is 0.344 e. The molecule has 0 spiro atoms. The van der Waals surface area contributed by atoms with E-state index in [0.717, 1.165) is 5.56 Å². The van der Waals surface area contributed by atoms with Gasteiger partial charge in [0.25, 0.3) is 0 Å². The predicted octanol–water partition coefficient (Wildman–Crippen LogP) is 1.46. The lowest BCUT2D eigenvalue weighted by atomic mass is 10.1. The van der Waals surface area contributed by atoms with Gasteiger partial charge >= 0.3 is 5.97 Å². The Morgan fingerprint density at radius 2 is 1.88 bits per heavy atom. The smallest absolute Gasteiger partial charge is 0.344 e. The summed E-state index contributed by atoms with van der Waals surface area (Å²) in [6, 6.07) is 7.04. The zero-order chi connectivity index (χ0) is 12.1. The van der Waals surface area contributed by atoms with Crippen molar-refractivity contribution in [1.82, 2.24) is 0 Å². The van der Waals surface area contributed by atoms with E-state index in [1.165, 1.54) is 6.92 Å². The number of carbonyl (C=O) groups is 1. The highest BCUT2D eigenvalue weighted by Crippen LogP contribution is 2.15. The van der Waals surface area contributed by atoms with E-state index in [0.29, 0.717) is 12.2 Å². The second-order valence-electron chi connectivity index (χ2n) is 3.80. The predicted molar refractivity (Wildman–Crippen MR) is 59.6 cm³/mol. The molecule has 0 amide bonds. The van der Waals surface area contributed by atoms with Gasteiger partial charge in [0.1, 0.15) is 5.75 Å². The van der Waals surface area contributed by atoms with Crippen molar-refractivity contribution in [3.8, 4) is 5.75 Å². The van der Waals surface area contributed by atoms with Crippen molar-refractivity contribution in [2.75, 3.05) is 0 Å². The van der Waals surface area contributed by atoms with Crippen LogP contribution in [0.25, 0.3) is 0 Å². The number of aliphatic carboxylic acids is 1. The molecule has 0 saturated carbocycles. The molecule has 88 valence electrons. The van der Waals surface area contributed by atoms with Crippen LogP contribution in [-0.2, 0) is 11.2 Å². The molecule has 2 N–H and O–H groups in total. The number of benzene rings is 1. The number of rotatable bonds is 5. The van der Waals surface area contributed by atoms with Gasteiger partial charge in [-0.3, -0.25) is 0 Å². The molecule has 0 saturated heterocycles. The monoisotopic (exact) mass is 224 g/mol. The average molecular weight is 224 g/mol. The lowest BCUT2D eigenvalue weighted by Gasteiger charge is -2.11. The zero-order valence-corrected chi connectivity index (χ0v) is 9.38. The summed E-state index contributed by atoms with van der Waals surface area (Å²) in [4.78, 5) is 10.6. The highest BCUT2D eigenvalue weighted by molar-refractivity contribution is 5.72. The van der Waals surface area contributed by atoms with Crippen molar-refractivity contribution in [3.63, 3.8) is 0 Å². The van der Waals surface area contributed by atoms with Gasteiger partial charge in [0, 0.05) is 0 Å². The lowest BCUT2D eigenvalue weighted by molar-refractivity contribution is -0.144. The molecule has 2 unspecified atom stereocenters. The minimum Gasteiger partial charge on any atom is -0.479 e. The van der Waals surface area contributed by atoms with Crippen LogP contribution >= 0.6 is 0 Å². The summed E-state index contributed by atoms with van der Waals surface area (Å²) >= 11 is 0. The SMILES string of the molecule is CC(O)Cc1ccc(OC(C)C(=O)O)cc1. The van der Waals surface area contributed by atoms with Gasteiger partial charge < -0.3 is 14.9 Å². The molecule has 1 rings (SSSR count). The number of carboxylic acid groups (broad SMARTS) is 1. The van der Waals surface area contributed by atoms with Gasteiger partial charge in [-0.15, -0.1) is 0 Å². The largest absolute Gasteiger partial charge is 0.479 e. The van der Waals surface area contributed by atoms with Crippen LogP contribution in [-0.4, -0.2) is 28.4 Å². The van der Waals surface area contributed by atoms with Crippen molar-refractivity contribution in [1.29, 1.82) is 0 Å². The summed E-state index contributed by atoms with van der Waals surface area (Å²) in [7, 11) is 0. The molecule has 0 aromatic heterocycles. The van der Waals surface area contributed by atoms with Crippen molar-refractivity contribution in [2.24, 2.45) is 0 Å². The molecule has 0 fully saturated rings. The molecule has 1 aromatic rings. The third-order valence-electron chi connectivity index (χ3n) is 2.12. The van der Waals surface area contributed by atoms with E-state index in [1.807, 2.05) is 12.1 Å². The third kappa shape index (κ3) is 3.90. The minimum absolute atomic E-state index is 0.385. The van der Waals surface area contributed by atoms with Crippen LogP contribution in [0.3, 0.4) is 0 Å². The molecule has 0 heterocycles. The summed E-state index contributed by atoms with van der Waals surface area (Å²) in [6.07, 6.45) is -0.665. The first-order valence-electron chi connectivity index (χ1n) is 5.15. The fraction of sp³-hybridized carbons (Fsp3) is 0.417. The van der Waals surface area contributed by atoms with E-state index in [1.54, 1.807) is 19.1 Å². The molecular formula is C12H16O4. The van der Waals surface area contributed by atoms with Gasteiger partial charge in [0.15, 0.2) is 6.10 Å². The summed E-state index contributed by atoms with van der Waals surface area (Å²) in [5, 5.41) is 17.8. The van der Waals surface area contributed by atoms with Gasteiger partial charge in [-0.2, -0.15) is 0 Å². The molecule has 16 heavy (non-hydrogen) atoms. The standard InChI is InChI=1S/C12H16O4/c1-8(13)7-10-3-5-11(6-4-10)16-9(2)12(14)15/h3-6,8-9,13H,7H2,1-2H3,(H,14,15). The van der Waals surface area contributed by atoms with E-state index in [9.17, 15) is 9.90 Å². The first-order chi connectivity index (χ1) is 7.49. The normalized spacial score (nSPS) is 14.2. The van der Waals surface area contributed by atoms with Gasteiger partial charge in [0.2, 0.25) is 0 Å². The van der Waals surface area contributed by atoms with E-state index in [4.69, 9.17) is 9.84 Å². The van der Waals surface area contributed by atoms with Crippen LogP contribution < -0.4 is 4.74 Å². The third-order valence-corrected chi connectivity index (χ3v) is 2.12. The van der Waals surface area contributed by atoms with Crippen LogP contribution in [0.2, 0.25) is 0 Å². The number of hydrogen-bond acceptors (Lipinski definition) is 3. The van der Waals surface area contributed by atoms with Crippen LogP contribution in [0, 0.1) is 0 Å². The maximum atomic E-state index is 10.6. The molecule has 4 heteroatoms. The van der Waals surface area contributed by atoms with Crippen LogP contribution in [0.15, 0.2) is 24.3 Å². The van der Waals surface area contributed by atoms with E-state index >= 15 is 0 Å². The Morgan fingerprint density at radius 3 is 2.31 bits per heavy atom. The molecule has 2 atom stereocenters. The fourth-order valence-electron chi connectivity index (χ4n) is 1.30. The van der Waals surface area contributed by atoms with Gasteiger partial charge in [-0.25, -0.2) is 4.79 Å². The summed E-state index contributed by atoms with van der Waals surface area (Å²) in [5.74, 6) is -0.475. The van der Waals surface area contributed by atoms with Gasteiger partial charge in [-0.1, -0.05) is 12.1 Å². The van der Waals surface area contributed by atoms with E-state index in [2.05, 4.69) is 0 Å². The van der Waals surface area contributed by atoms with Gasteiger partial charge in [0.05, 0.1) is 6.10 Å². The van der Waals surface area contributed by atoms with Crippen molar-refractivity contribution < 1.29 is 19.7 Å². The highest BCUT2D eigenvalue weighted by Gasteiger charge is 2.12. The second kappa shape index (κ2) is 5.51. The molecule has 0 aliphatic heterocycles. The molecule has 0 aliphatic rings. The van der Waals surface area contributed by atoms with Gasteiger partial charge in [-0.05, 0) is 38.0 Å². The molecule has 4 nitrogen and oxygen atoms in total. The van der Waals surface area contributed by atoms with Crippen molar-refractivity contribution in [3.05, 3.63) is 29.8 Å². The number of aliphatic hydroxyl groups excluding tert-OH is 1. The lowest BCUT2D eigenvalue weighted by Crippen LogP contribution is -2.22. The number of ether oxygens (including phenoxy) is 1. The first kappa shape index (κ1) is 12.5. The molecule has 1 aromatic carbocycles. The molecule has 0 aliphatic carbocycles. The van der Waals surface area contributed by atoms with Crippen LogP contribution in [0.4, 0.5) is 0 Å². The minimum atomic E-state index is -0.993. The average Bonchev–Trinajstić information content (AvgIpc) is 2.20. The zero-order valence-electron chi connectivity index (χ0n) is 9.38. The maximum absolute atomic E-state index is 10.6. The Balaban J connectivity index is 2.61. The Hall–Kier alpha value is -1.55. The number of hydrogen-bond donors (Lipinski definition) is 2. The summed E-state index contributed by atoms with van der Waals surface area (Å²) in [6.45, 7) is 3.20. The number of aliphatic hydroxyl groups is 1. The Kier molecular flexibility index (Phi) is 4.31. The summed E-state index contributed by atoms with van der Waals surface area (Å²) in [5.41, 5.74) is 0.991. The topological polar surface area (TPSA) is 66.8 Å². The summed E-state index contributed by atoms with van der Waals surface area (Å²) < 4.78 is 5.17. The fourth-order valence-corrected chi connectivity index (χ4v) is 1.30. The second-order valence-corrected chi connectivity index (χ2v) is 3.80. The quantitative estimate of drug-likeness (QED) is 0.794. The highest BCUT2D eigenvalue weighted by atomic mass is 16.5. The first-order valence-corrected chi connectivity index (χ1v) is 5.15. The molecular weight excluding hydrogens is 208 g/mol. The Labute approximate surface area is 94.5 Å². The van der Waals surface area contributed by atoms with E-state index < -0.39 is 12.1 Å². The Morgan fingerprint density at radius 1 is 1.31 bits per heavy atom. The van der Waals surface area contributed by atoms with Crippen LogP contribution in [0.1, 0.15) is 19.4 Å². The van der Waals surface area contributed by atoms with Crippen LogP contribution in [0.5, 0.6) is 5.75 Å². The molecule has 0 bridgehead atoms. The number of carboxylic acids is 1. The Bertz CT molecular complexity index is 343. The van der Waals surface area contributed by atoms with E-state index in [-0.39, 0.29) is 6.10 Å². The van der Waals surface area contributed by atoms with Crippen molar-refractivity contribution in [2.45, 2.75) is 32.5 Å². The molecule has 0 radical (unpaired) electrons. The van der Waals surface area contributed by atoms with Crippen molar-refractivity contribution >= 4 is 5.97 Å².